The van der Waals surface area contributed by atoms with Gasteiger partial charge in [-0.2, -0.15) is 0 Å². The lowest BCUT2D eigenvalue weighted by atomic mass is 9.89. The van der Waals surface area contributed by atoms with Crippen LogP contribution < -0.4 is 0 Å². The van der Waals surface area contributed by atoms with Crippen molar-refractivity contribution in [1.82, 2.24) is 7.94 Å². The molecule has 6 rings (SSSR count). The van der Waals surface area contributed by atoms with E-state index in [1.54, 1.807) is 73.1 Å². The van der Waals surface area contributed by atoms with E-state index in [-0.39, 0.29) is 9.79 Å². The third-order valence-electron chi connectivity index (χ3n) is 6.91. The van der Waals surface area contributed by atoms with Gasteiger partial charge in [-0.05, 0) is 50.2 Å². The molecule has 0 N–H and O–H groups in total. The van der Waals surface area contributed by atoms with E-state index in [1.807, 2.05) is 13.8 Å². The van der Waals surface area contributed by atoms with E-state index >= 15 is 0 Å². The molecule has 0 saturated heterocycles. The summed E-state index contributed by atoms with van der Waals surface area (Å²) < 4.78 is 62.5. The van der Waals surface area contributed by atoms with Crippen LogP contribution in [0.2, 0.25) is 0 Å². The molecule has 2 unspecified atom stereocenters. The Hall–Kier alpha value is -3.14. The first kappa shape index (κ1) is 22.3. The highest BCUT2D eigenvalue weighted by molar-refractivity contribution is 7.90. The first-order chi connectivity index (χ1) is 16.7. The minimum absolute atomic E-state index is 0.231. The first-order valence-electron chi connectivity index (χ1n) is 11.4. The van der Waals surface area contributed by atoms with E-state index in [0.717, 1.165) is 22.3 Å². The Morgan fingerprint density at radius 3 is 1.37 bits per heavy atom. The van der Waals surface area contributed by atoms with Crippen molar-refractivity contribution < 1.29 is 21.6 Å². The summed E-state index contributed by atoms with van der Waals surface area (Å²) in [5, 5.41) is 0. The van der Waals surface area contributed by atoms with Gasteiger partial charge in [-0.3, -0.25) is 0 Å². The molecular weight excluding hydrogens is 484 g/mol. The molecule has 180 valence electrons. The predicted molar refractivity (Wildman–Crippen MR) is 130 cm³/mol. The predicted octanol–water partition coefficient (Wildman–Crippen LogP) is 4.29. The van der Waals surface area contributed by atoms with Crippen LogP contribution in [0.15, 0.2) is 82.8 Å². The molecule has 2 bridgehead atoms. The Bertz CT molecular complexity index is 1540. The molecule has 0 saturated carbocycles. The highest BCUT2D eigenvalue weighted by Gasteiger charge is 2.40. The minimum Gasteiger partial charge on any atom is -0.365 e. The highest BCUT2D eigenvalue weighted by atomic mass is 32.2. The highest BCUT2D eigenvalue weighted by Crippen LogP contribution is 2.46. The van der Waals surface area contributed by atoms with Gasteiger partial charge in [0.2, 0.25) is 0 Å². The van der Waals surface area contributed by atoms with Gasteiger partial charge in [-0.1, -0.05) is 35.4 Å². The maximum atomic E-state index is 13.4. The zero-order valence-electron chi connectivity index (χ0n) is 19.2. The fourth-order valence-electron chi connectivity index (χ4n) is 5.03. The number of ether oxygens (including phenoxy) is 1. The number of aromatic nitrogens is 2. The molecule has 0 spiro atoms. The standard InChI is InChI=1S/C26H24N2O5S2/c1-17-3-7-19(8-4-17)34(29,30)27-13-11-21-23(27)15-25-22-12-14-28(24(22)16-26(21)33-25)35(31,32)20-9-5-18(2)6-10-20/h3-14,25-26H,15-16H2,1-2H3. The van der Waals surface area contributed by atoms with Crippen LogP contribution in [0, 0.1) is 13.8 Å². The monoisotopic (exact) mass is 508 g/mol. The average molecular weight is 509 g/mol. The zero-order chi connectivity index (χ0) is 24.5. The van der Waals surface area contributed by atoms with Crippen molar-refractivity contribution in [3.05, 3.63) is 107 Å². The van der Waals surface area contributed by atoms with Gasteiger partial charge in [-0.15, -0.1) is 0 Å². The van der Waals surface area contributed by atoms with Gasteiger partial charge < -0.3 is 4.74 Å². The molecule has 4 aromatic rings. The van der Waals surface area contributed by atoms with Crippen LogP contribution in [0.25, 0.3) is 0 Å². The molecule has 0 fully saturated rings. The van der Waals surface area contributed by atoms with Gasteiger partial charge in [0.1, 0.15) is 0 Å². The summed E-state index contributed by atoms with van der Waals surface area (Å²) in [4.78, 5) is 0.461. The Balaban J connectivity index is 1.39. The van der Waals surface area contributed by atoms with E-state index < -0.39 is 32.3 Å². The van der Waals surface area contributed by atoms with Crippen molar-refractivity contribution in [2.75, 3.05) is 0 Å². The van der Waals surface area contributed by atoms with Crippen LogP contribution in [-0.4, -0.2) is 24.8 Å². The lowest BCUT2D eigenvalue weighted by Gasteiger charge is -2.36. The Labute approximate surface area is 204 Å². The maximum absolute atomic E-state index is 13.4. The van der Waals surface area contributed by atoms with Gasteiger partial charge in [0.25, 0.3) is 20.0 Å². The van der Waals surface area contributed by atoms with Crippen LogP contribution in [0.4, 0.5) is 0 Å². The Kier molecular flexibility index (Phi) is 4.90. The van der Waals surface area contributed by atoms with Crippen molar-refractivity contribution in [1.29, 1.82) is 0 Å². The lowest BCUT2D eigenvalue weighted by Crippen LogP contribution is -2.30. The van der Waals surface area contributed by atoms with Crippen LogP contribution in [0.3, 0.4) is 0 Å². The summed E-state index contributed by atoms with van der Waals surface area (Å²) in [5.74, 6) is 0. The van der Waals surface area contributed by atoms with E-state index in [4.69, 9.17) is 4.74 Å². The van der Waals surface area contributed by atoms with Crippen LogP contribution >= 0.6 is 0 Å². The number of fused-ring (bicyclic) bond motifs is 6. The summed E-state index contributed by atoms with van der Waals surface area (Å²) in [6, 6.07) is 17.1. The van der Waals surface area contributed by atoms with Gasteiger partial charge in [-0.25, -0.2) is 24.8 Å². The van der Waals surface area contributed by atoms with Crippen molar-refractivity contribution in [2.24, 2.45) is 0 Å². The van der Waals surface area contributed by atoms with Gasteiger partial charge in [0.05, 0.1) is 22.0 Å². The molecule has 2 aliphatic heterocycles. The molecule has 2 aromatic heterocycles. The number of hydrogen-bond donors (Lipinski definition) is 0. The number of rotatable bonds is 4. The van der Waals surface area contributed by atoms with Gasteiger partial charge in [0, 0.05) is 47.8 Å². The molecular formula is C26H24N2O5S2. The van der Waals surface area contributed by atoms with Crippen LogP contribution in [0.5, 0.6) is 0 Å². The average Bonchev–Trinajstić information content (AvgIpc) is 3.45. The molecule has 7 nitrogen and oxygen atoms in total. The van der Waals surface area contributed by atoms with Crippen LogP contribution in [-0.2, 0) is 37.6 Å². The van der Waals surface area contributed by atoms with Crippen molar-refractivity contribution in [2.45, 2.75) is 48.7 Å². The number of nitrogens with zero attached hydrogens (tertiary/aromatic N) is 2. The molecule has 2 aliphatic rings. The largest absolute Gasteiger partial charge is 0.365 e. The van der Waals surface area contributed by atoms with Crippen LogP contribution in [0.1, 0.15) is 45.8 Å². The molecule has 2 aromatic carbocycles. The molecule has 0 amide bonds. The molecule has 9 heteroatoms. The van der Waals surface area contributed by atoms with Crippen molar-refractivity contribution in [3.63, 3.8) is 0 Å². The fourth-order valence-corrected chi connectivity index (χ4v) is 7.83. The molecule has 0 radical (unpaired) electrons. The van der Waals surface area contributed by atoms with E-state index in [1.165, 1.54) is 7.94 Å². The molecule has 4 heterocycles. The van der Waals surface area contributed by atoms with Gasteiger partial charge >= 0.3 is 0 Å². The topological polar surface area (TPSA) is 87.4 Å². The summed E-state index contributed by atoms with van der Waals surface area (Å²) >= 11 is 0. The third-order valence-corrected chi connectivity index (χ3v) is 10.4. The Morgan fingerprint density at radius 1 is 0.629 bits per heavy atom. The second-order valence-corrected chi connectivity index (χ2v) is 12.8. The Morgan fingerprint density at radius 2 is 1.00 bits per heavy atom. The summed E-state index contributed by atoms with van der Waals surface area (Å²) in [7, 11) is -7.52. The second-order valence-electron chi connectivity index (χ2n) is 9.18. The summed E-state index contributed by atoms with van der Waals surface area (Å²) in [6.45, 7) is 3.82. The maximum Gasteiger partial charge on any atom is 0.267 e. The van der Waals surface area contributed by atoms with Crippen molar-refractivity contribution in [3.8, 4) is 0 Å². The normalized spacial score (nSPS) is 19.3. The van der Waals surface area contributed by atoms with Gasteiger partial charge in [0.15, 0.2) is 0 Å². The number of benzene rings is 2. The zero-order valence-corrected chi connectivity index (χ0v) is 20.9. The third kappa shape index (κ3) is 3.41. The molecule has 35 heavy (non-hydrogen) atoms. The number of hydrogen-bond acceptors (Lipinski definition) is 5. The van der Waals surface area contributed by atoms with E-state index in [0.29, 0.717) is 24.2 Å². The summed E-state index contributed by atoms with van der Waals surface area (Å²) in [5.41, 5.74) is 4.91. The fraction of sp³-hybridized carbons (Fsp3) is 0.231. The molecule has 0 aliphatic carbocycles. The van der Waals surface area contributed by atoms with Crippen molar-refractivity contribution >= 4 is 20.0 Å². The SMILES string of the molecule is Cc1ccc(S(=O)(=O)n2ccc3c2CC2OC3Cc3c2ccn3S(=O)(=O)c2ccc(C)cc2)cc1. The number of aryl methyl sites for hydroxylation is 2. The summed E-state index contributed by atoms with van der Waals surface area (Å²) in [6.07, 6.45) is 2.98. The first-order valence-corrected chi connectivity index (χ1v) is 14.2. The smallest absolute Gasteiger partial charge is 0.267 e. The molecule has 2 atom stereocenters. The minimum atomic E-state index is -3.76. The van der Waals surface area contributed by atoms with E-state index in [2.05, 4.69) is 0 Å². The second kappa shape index (κ2) is 7.68. The van der Waals surface area contributed by atoms with E-state index in [9.17, 15) is 16.8 Å². The quantitative estimate of drug-likeness (QED) is 0.410. The lowest BCUT2D eigenvalue weighted by molar-refractivity contribution is -0.0405.